The van der Waals surface area contributed by atoms with Crippen LogP contribution in [0.4, 0.5) is 0 Å². The molecule has 41 heavy (non-hydrogen) atoms. The van der Waals surface area contributed by atoms with Gasteiger partial charge in [0.25, 0.3) is 0 Å². The third-order valence-electron chi connectivity index (χ3n) is 7.45. The topological polar surface area (TPSA) is 13.1 Å². The monoisotopic (exact) mass is 536 g/mol. The Morgan fingerprint density at radius 1 is 0.439 bits per heavy atom. The van der Waals surface area contributed by atoms with Gasteiger partial charge in [-0.3, -0.25) is 0 Å². The largest absolute Gasteiger partial charge is 0.456 e. The van der Waals surface area contributed by atoms with E-state index in [-0.39, 0.29) is 59.8 Å². The summed E-state index contributed by atoms with van der Waals surface area (Å²) >= 11 is 0. The zero-order valence-corrected chi connectivity index (χ0v) is 21.0. The van der Waals surface area contributed by atoms with Crippen LogP contribution in [0.5, 0.6) is 0 Å². The molecule has 8 aromatic carbocycles. The van der Waals surface area contributed by atoms with E-state index in [1.807, 2.05) is 0 Å². The molecule has 1 heterocycles. The average Bonchev–Trinajstić information content (AvgIpc) is 3.58. The van der Waals surface area contributed by atoms with Crippen LogP contribution in [0.15, 0.2) is 150 Å². The van der Waals surface area contributed by atoms with Crippen LogP contribution in [-0.2, 0) is 0 Å². The summed E-state index contributed by atoms with van der Waals surface area (Å²) in [4.78, 5) is 0. The number of benzene rings is 8. The molecule has 0 saturated heterocycles. The second-order valence-electron chi connectivity index (χ2n) is 9.60. The van der Waals surface area contributed by atoms with Crippen molar-refractivity contribution in [2.24, 2.45) is 0 Å². The first-order valence-electron chi connectivity index (χ1n) is 20.8. The fourth-order valence-corrected chi connectivity index (χ4v) is 5.74. The minimum absolute atomic E-state index is 0.0374. The Morgan fingerprint density at radius 3 is 1.85 bits per heavy atom. The Balaban J connectivity index is 1.60. The summed E-state index contributed by atoms with van der Waals surface area (Å²) in [6, 6.07) is 3.51. The lowest BCUT2D eigenvalue weighted by Gasteiger charge is -2.18. The molecule has 0 N–H and O–H groups in total. The predicted molar refractivity (Wildman–Crippen MR) is 175 cm³/mol. The Labute approximate surface area is 259 Å². The summed E-state index contributed by atoms with van der Waals surface area (Å²) in [5, 5.41) is -0.598. The average molecular weight is 537 g/mol. The number of fused-ring (bicyclic) bond motifs is 8. The van der Waals surface area contributed by atoms with Crippen molar-refractivity contribution in [2.75, 3.05) is 0 Å². The van der Waals surface area contributed by atoms with Crippen LogP contribution in [0, 0.1) is 0 Å². The molecule has 0 aliphatic rings. The van der Waals surface area contributed by atoms with E-state index < -0.39 is 96.7 Å². The number of hydrogen-bond donors (Lipinski definition) is 0. The molecular formula is C40H24O. The summed E-state index contributed by atoms with van der Waals surface area (Å²) in [6.45, 7) is 0. The SMILES string of the molecule is [2H]c1cc2c(c([2H])c1-c1c3c([2H])c([2H])c([2H])c([2H])c3c(-c3cccc4oc5ccccc5c34)c3c([2H])c([2H])c([2H])c([2H])c13)c([2H])c([2H])c1c([2H])c([2H])c([2H])c([2H])c12. The van der Waals surface area contributed by atoms with Crippen LogP contribution in [-0.4, -0.2) is 0 Å². The molecule has 0 atom stereocenters. The van der Waals surface area contributed by atoms with Crippen molar-refractivity contribution in [1.29, 1.82) is 0 Å². The van der Waals surface area contributed by atoms with Gasteiger partial charge in [-0.1, -0.05) is 127 Å². The van der Waals surface area contributed by atoms with Gasteiger partial charge in [0.05, 0.1) is 21.9 Å². The highest BCUT2D eigenvalue weighted by molar-refractivity contribution is 6.26. The second-order valence-corrected chi connectivity index (χ2v) is 9.60. The number of rotatable bonds is 2. The van der Waals surface area contributed by atoms with Crippen molar-refractivity contribution in [3.8, 4) is 22.3 Å². The maximum atomic E-state index is 9.62. The molecule has 1 nitrogen and oxygen atoms in total. The van der Waals surface area contributed by atoms with Gasteiger partial charge >= 0.3 is 0 Å². The molecule has 190 valence electrons. The van der Waals surface area contributed by atoms with E-state index in [1.54, 1.807) is 42.5 Å². The van der Waals surface area contributed by atoms with Crippen LogP contribution < -0.4 is 0 Å². The van der Waals surface area contributed by atoms with Crippen LogP contribution in [0.2, 0.25) is 0 Å². The highest BCUT2D eigenvalue weighted by Crippen LogP contribution is 2.47. The maximum Gasteiger partial charge on any atom is 0.136 e. The van der Waals surface area contributed by atoms with Gasteiger partial charge in [0.2, 0.25) is 0 Å². The smallest absolute Gasteiger partial charge is 0.136 e. The van der Waals surface area contributed by atoms with E-state index in [4.69, 9.17) is 18.1 Å². The fourth-order valence-electron chi connectivity index (χ4n) is 5.74. The third-order valence-corrected chi connectivity index (χ3v) is 7.45. The standard InChI is InChI=1S/C40H24O/c1-2-11-28-25(10-1)20-21-26-24-27(22-23-29(26)28)38-30-12-3-5-14-32(30)39(33-15-6-4-13-31(33)38)35-17-9-19-37-40(35)34-16-7-8-18-36(34)41-37/h1-24H/i1D,2D,3D,4D,5D,6D,10D,11D,12D,13D,14D,15D,20D,21D,22D,24D. The van der Waals surface area contributed by atoms with Gasteiger partial charge in [0, 0.05) is 10.8 Å². The van der Waals surface area contributed by atoms with Crippen molar-refractivity contribution >= 4 is 65.0 Å². The molecule has 9 rings (SSSR count). The summed E-state index contributed by atoms with van der Waals surface area (Å²) in [5.74, 6) is 0. The minimum atomic E-state index is -0.692. The second kappa shape index (κ2) is 8.55. The highest BCUT2D eigenvalue weighted by atomic mass is 16.3. The van der Waals surface area contributed by atoms with Gasteiger partial charge in [-0.2, -0.15) is 0 Å². The van der Waals surface area contributed by atoms with Gasteiger partial charge < -0.3 is 4.42 Å². The molecule has 0 spiro atoms. The quantitative estimate of drug-likeness (QED) is 0.158. The molecule has 9 aromatic rings. The number of hydrogen-bond acceptors (Lipinski definition) is 1. The summed E-state index contributed by atoms with van der Waals surface area (Å²) in [5.41, 5.74) is 0.591. The third kappa shape index (κ3) is 3.24. The van der Waals surface area contributed by atoms with Crippen molar-refractivity contribution in [1.82, 2.24) is 0 Å². The number of furan rings is 1. The molecule has 1 aromatic heterocycles. The number of para-hydroxylation sites is 1. The summed E-state index contributed by atoms with van der Waals surface area (Å²) in [7, 11) is 0. The lowest BCUT2D eigenvalue weighted by Crippen LogP contribution is -1.91. The molecule has 0 aliphatic heterocycles. The Morgan fingerprint density at radius 2 is 1.07 bits per heavy atom. The van der Waals surface area contributed by atoms with Gasteiger partial charge in [-0.15, -0.1) is 0 Å². The van der Waals surface area contributed by atoms with E-state index in [2.05, 4.69) is 0 Å². The Hall–Kier alpha value is -5.40. The van der Waals surface area contributed by atoms with Gasteiger partial charge in [0.1, 0.15) is 11.2 Å². The lowest BCUT2D eigenvalue weighted by molar-refractivity contribution is 0.669. The molecule has 0 fully saturated rings. The summed E-state index contributed by atoms with van der Waals surface area (Å²) < 4.78 is 149. The van der Waals surface area contributed by atoms with Crippen molar-refractivity contribution in [3.05, 3.63) is 145 Å². The predicted octanol–water partition coefficient (Wildman–Crippen LogP) is 11.5. The van der Waals surface area contributed by atoms with Crippen molar-refractivity contribution in [3.63, 3.8) is 0 Å². The minimum Gasteiger partial charge on any atom is -0.456 e. The van der Waals surface area contributed by atoms with Gasteiger partial charge in [0.15, 0.2) is 0 Å². The van der Waals surface area contributed by atoms with Crippen LogP contribution in [0.3, 0.4) is 0 Å². The van der Waals surface area contributed by atoms with Crippen LogP contribution >= 0.6 is 0 Å². The van der Waals surface area contributed by atoms with Crippen molar-refractivity contribution in [2.45, 2.75) is 0 Å². The van der Waals surface area contributed by atoms with E-state index in [9.17, 15) is 8.22 Å². The molecule has 0 saturated carbocycles. The molecule has 0 radical (unpaired) electrons. The Kier molecular flexibility index (Phi) is 2.50. The lowest BCUT2D eigenvalue weighted by atomic mass is 9.84. The van der Waals surface area contributed by atoms with E-state index >= 15 is 0 Å². The molecule has 1 heteroatoms. The maximum absolute atomic E-state index is 9.62. The zero-order valence-electron chi connectivity index (χ0n) is 37.0. The summed E-state index contributed by atoms with van der Waals surface area (Å²) in [6.07, 6.45) is 0. The first-order valence-corrected chi connectivity index (χ1v) is 12.8. The van der Waals surface area contributed by atoms with Crippen LogP contribution in [0.25, 0.3) is 87.3 Å². The molecule has 0 aliphatic carbocycles. The van der Waals surface area contributed by atoms with E-state index in [0.717, 1.165) is 6.07 Å². The molecular weight excluding hydrogens is 496 g/mol. The highest BCUT2D eigenvalue weighted by Gasteiger charge is 2.20. The molecule has 0 bridgehead atoms. The van der Waals surface area contributed by atoms with Crippen molar-refractivity contribution < 1.29 is 26.3 Å². The first-order chi connectivity index (χ1) is 27.0. The molecule has 0 unspecified atom stereocenters. The Bertz CT molecular complexity index is 3290. The van der Waals surface area contributed by atoms with Crippen LogP contribution in [0.1, 0.15) is 21.9 Å². The van der Waals surface area contributed by atoms with Gasteiger partial charge in [-0.25, -0.2) is 0 Å². The van der Waals surface area contributed by atoms with E-state index in [1.165, 1.54) is 0 Å². The normalized spacial score (nSPS) is 17.4. The molecule has 0 amide bonds. The zero-order chi connectivity index (χ0) is 40.8. The first kappa shape index (κ1) is 12.0. The van der Waals surface area contributed by atoms with Gasteiger partial charge in [-0.05, 0) is 83.5 Å². The fraction of sp³-hybridized carbons (Fsp3) is 0. The van der Waals surface area contributed by atoms with E-state index in [0.29, 0.717) is 27.5 Å².